The van der Waals surface area contributed by atoms with E-state index in [2.05, 4.69) is 22.1 Å². The maximum atomic E-state index is 4.78. The molecule has 1 aromatic carbocycles. The molecule has 1 fully saturated rings. The van der Waals surface area contributed by atoms with Crippen molar-refractivity contribution < 1.29 is 0 Å². The molecule has 124 valence electrons. The van der Waals surface area contributed by atoms with Crippen LogP contribution in [0.1, 0.15) is 30.3 Å². The molecule has 5 rings (SSSR count). The third-order valence-corrected chi connectivity index (χ3v) is 5.06. The largest absolute Gasteiger partial charge is 0.291 e. The minimum atomic E-state index is 0.543. The highest BCUT2D eigenvalue weighted by molar-refractivity contribution is 7.98. The second kappa shape index (κ2) is 6.00. The van der Waals surface area contributed by atoms with E-state index in [0.29, 0.717) is 5.92 Å². The molecule has 4 aromatic rings. The zero-order chi connectivity index (χ0) is 16.6. The Hall–Kier alpha value is -2.67. The topological polar surface area (TPSA) is 60.9 Å². The zero-order valence-corrected chi connectivity index (χ0v) is 14.3. The minimum Gasteiger partial charge on any atom is -0.291 e. The zero-order valence-electron chi connectivity index (χ0n) is 13.5. The van der Waals surface area contributed by atoms with Gasteiger partial charge in [0, 0.05) is 30.3 Å². The molecule has 7 heteroatoms. The Labute approximate surface area is 149 Å². The van der Waals surface area contributed by atoms with Gasteiger partial charge in [0.25, 0.3) is 0 Å². The summed E-state index contributed by atoms with van der Waals surface area (Å²) in [7, 11) is 0. The molecule has 0 unspecified atom stereocenters. The number of nitrogens with zero attached hydrogens (tertiary/aromatic N) is 6. The van der Waals surface area contributed by atoms with E-state index >= 15 is 0 Å². The van der Waals surface area contributed by atoms with Crippen LogP contribution in [0.25, 0.3) is 11.5 Å². The lowest BCUT2D eigenvalue weighted by atomic mass is 10.3. The number of fused-ring (bicyclic) bond motifs is 1. The van der Waals surface area contributed by atoms with E-state index < -0.39 is 0 Å². The van der Waals surface area contributed by atoms with Gasteiger partial charge >= 0.3 is 0 Å². The van der Waals surface area contributed by atoms with Gasteiger partial charge in [-0.05, 0) is 31.0 Å². The number of aromatic nitrogens is 6. The van der Waals surface area contributed by atoms with Gasteiger partial charge in [-0.25, -0.2) is 19.6 Å². The van der Waals surface area contributed by atoms with Gasteiger partial charge in [0.15, 0.2) is 0 Å². The maximum Gasteiger partial charge on any atom is 0.233 e. The average molecular weight is 348 g/mol. The Morgan fingerprint density at radius 3 is 2.76 bits per heavy atom. The predicted octanol–water partition coefficient (Wildman–Crippen LogP) is 3.48. The molecule has 6 nitrogen and oxygen atoms in total. The summed E-state index contributed by atoms with van der Waals surface area (Å²) in [6, 6.07) is 12.1. The molecule has 0 atom stereocenters. The quantitative estimate of drug-likeness (QED) is 0.517. The van der Waals surface area contributed by atoms with E-state index in [9.17, 15) is 0 Å². The van der Waals surface area contributed by atoms with Gasteiger partial charge in [0.1, 0.15) is 5.82 Å². The van der Waals surface area contributed by atoms with E-state index in [-0.39, 0.29) is 0 Å². The van der Waals surface area contributed by atoms with Crippen LogP contribution in [0.5, 0.6) is 0 Å². The lowest BCUT2D eigenvalue weighted by molar-refractivity contribution is 0.782. The van der Waals surface area contributed by atoms with Gasteiger partial charge in [-0.3, -0.25) is 4.40 Å². The number of benzene rings is 1. The van der Waals surface area contributed by atoms with Gasteiger partial charge in [-0.1, -0.05) is 30.0 Å². The van der Waals surface area contributed by atoms with Crippen LogP contribution in [0.4, 0.5) is 0 Å². The van der Waals surface area contributed by atoms with Crippen LogP contribution >= 0.6 is 11.8 Å². The normalized spacial score (nSPS) is 14.2. The Bertz CT molecular complexity index is 985. The van der Waals surface area contributed by atoms with Crippen LogP contribution in [0, 0.1) is 0 Å². The number of thioether (sulfide) groups is 1. The van der Waals surface area contributed by atoms with Crippen LogP contribution in [0.2, 0.25) is 0 Å². The lowest BCUT2D eigenvalue weighted by Gasteiger charge is -2.03. The molecule has 1 aliphatic rings. The Kier molecular flexibility index (Phi) is 3.52. The van der Waals surface area contributed by atoms with E-state index in [1.807, 2.05) is 45.7 Å². The molecular weight excluding hydrogens is 332 g/mol. The van der Waals surface area contributed by atoms with Gasteiger partial charge in [0.05, 0.1) is 11.4 Å². The van der Waals surface area contributed by atoms with Crippen LogP contribution < -0.4 is 0 Å². The van der Waals surface area contributed by atoms with E-state index in [1.54, 1.807) is 18.0 Å². The fourth-order valence-corrected chi connectivity index (χ4v) is 3.53. The summed E-state index contributed by atoms with van der Waals surface area (Å²) in [5.74, 6) is 3.07. The van der Waals surface area contributed by atoms with Gasteiger partial charge < -0.3 is 0 Å². The Balaban J connectivity index is 1.40. The van der Waals surface area contributed by atoms with Crippen LogP contribution in [0.3, 0.4) is 0 Å². The van der Waals surface area contributed by atoms with Crippen molar-refractivity contribution in [2.24, 2.45) is 0 Å². The van der Waals surface area contributed by atoms with Crippen LogP contribution in [-0.4, -0.2) is 29.1 Å². The molecule has 1 aliphatic carbocycles. The smallest absolute Gasteiger partial charge is 0.233 e. The van der Waals surface area contributed by atoms with E-state index in [0.717, 1.165) is 33.9 Å². The molecule has 0 aliphatic heterocycles. The summed E-state index contributed by atoms with van der Waals surface area (Å²) >= 11 is 1.62. The van der Waals surface area contributed by atoms with Crippen molar-refractivity contribution in [2.45, 2.75) is 29.7 Å². The molecule has 0 N–H and O–H groups in total. The third kappa shape index (κ3) is 2.91. The second-order valence-corrected chi connectivity index (χ2v) is 7.06. The molecule has 0 spiro atoms. The predicted molar refractivity (Wildman–Crippen MR) is 95.9 cm³/mol. The highest BCUT2D eigenvalue weighted by Gasteiger charge is 2.30. The number of para-hydroxylation sites is 1. The second-order valence-electron chi connectivity index (χ2n) is 6.12. The summed E-state index contributed by atoms with van der Waals surface area (Å²) in [6.07, 6.45) is 8.12. The third-order valence-electron chi connectivity index (χ3n) is 4.19. The molecule has 3 heterocycles. The first-order valence-electron chi connectivity index (χ1n) is 8.30. The monoisotopic (exact) mass is 348 g/mol. The molecule has 3 aromatic heterocycles. The van der Waals surface area contributed by atoms with Crippen molar-refractivity contribution in [1.29, 1.82) is 0 Å². The maximum absolute atomic E-state index is 4.78. The van der Waals surface area contributed by atoms with Gasteiger partial charge in [0.2, 0.25) is 10.9 Å². The minimum absolute atomic E-state index is 0.543. The standard InChI is InChI=1S/C18H16N6S/c1-2-5-15(6-3-1)24-16(13-7-8-13)21-18(22-24)25-12-14-11-23-10-4-9-19-17(23)20-14/h1-6,9-11,13H,7-8,12H2. The number of imidazole rings is 1. The summed E-state index contributed by atoms with van der Waals surface area (Å²) in [5, 5.41) is 5.53. The summed E-state index contributed by atoms with van der Waals surface area (Å²) in [5.41, 5.74) is 2.05. The molecule has 0 bridgehead atoms. The van der Waals surface area contributed by atoms with Crippen LogP contribution in [-0.2, 0) is 5.75 Å². The van der Waals surface area contributed by atoms with E-state index in [1.165, 1.54) is 12.8 Å². The summed E-state index contributed by atoms with van der Waals surface area (Å²) in [6.45, 7) is 0. The molecular formula is C18H16N6S. The van der Waals surface area contributed by atoms with Gasteiger partial charge in [-0.15, -0.1) is 5.10 Å². The number of hydrogen-bond donors (Lipinski definition) is 0. The first-order valence-corrected chi connectivity index (χ1v) is 9.29. The molecule has 1 saturated carbocycles. The molecule has 0 saturated heterocycles. The highest BCUT2D eigenvalue weighted by atomic mass is 32.2. The molecule has 0 radical (unpaired) electrons. The first kappa shape index (κ1) is 14.7. The lowest BCUT2D eigenvalue weighted by Crippen LogP contribution is -2.01. The summed E-state index contributed by atoms with van der Waals surface area (Å²) < 4.78 is 3.92. The number of hydrogen-bond acceptors (Lipinski definition) is 5. The number of rotatable bonds is 5. The van der Waals surface area contributed by atoms with Crippen molar-refractivity contribution >= 4 is 17.5 Å². The molecule has 0 amide bonds. The SMILES string of the molecule is c1ccc(-n2nc(SCc3cn4cccnc4n3)nc2C2CC2)cc1. The van der Waals surface area contributed by atoms with E-state index in [4.69, 9.17) is 10.1 Å². The Morgan fingerprint density at radius 2 is 1.96 bits per heavy atom. The van der Waals surface area contributed by atoms with Crippen molar-refractivity contribution in [3.8, 4) is 5.69 Å². The van der Waals surface area contributed by atoms with Crippen molar-refractivity contribution in [3.05, 3.63) is 66.5 Å². The Morgan fingerprint density at radius 1 is 1.08 bits per heavy atom. The first-order chi connectivity index (χ1) is 12.4. The van der Waals surface area contributed by atoms with Gasteiger partial charge in [-0.2, -0.15) is 0 Å². The van der Waals surface area contributed by atoms with Crippen molar-refractivity contribution in [1.82, 2.24) is 29.1 Å². The van der Waals surface area contributed by atoms with Crippen molar-refractivity contribution in [2.75, 3.05) is 0 Å². The van der Waals surface area contributed by atoms with Crippen molar-refractivity contribution in [3.63, 3.8) is 0 Å². The summed E-state index contributed by atoms with van der Waals surface area (Å²) in [4.78, 5) is 13.6. The van der Waals surface area contributed by atoms with Crippen LogP contribution in [0.15, 0.2) is 60.1 Å². The highest BCUT2D eigenvalue weighted by Crippen LogP contribution is 2.40. The fourth-order valence-electron chi connectivity index (χ4n) is 2.82. The fraction of sp³-hybridized carbons (Fsp3) is 0.222. The molecule has 25 heavy (non-hydrogen) atoms. The average Bonchev–Trinajstić information content (AvgIpc) is 3.27.